The van der Waals surface area contributed by atoms with Gasteiger partial charge in [0, 0.05) is 30.7 Å². The molecule has 4 nitrogen and oxygen atoms in total. The SMILES string of the molecule is COC1CCN(C(=O)c2cc(Br)c(Br)s2)C(CN)C1. The number of hydrogen-bond donors (Lipinski definition) is 1. The number of amides is 1. The van der Waals surface area contributed by atoms with Crippen molar-refractivity contribution in [1.82, 2.24) is 4.90 Å². The smallest absolute Gasteiger partial charge is 0.264 e. The van der Waals surface area contributed by atoms with Crippen LogP contribution in [0.15, 0.2) is 14.3 Å². The van der Waals surface area contributed by atoms with Crippen molar-refractivity contribution in [3.63, 3.8) is 0 Å². The van der Waals surface area contributed by atoms with Crippen molar-refractivity contribution in [1.29, 1.82) is 0 Å². The van der Waals surface area contributed by atoms with Crippen LogP contribution in [0, 0.1) is 0 Å². The van der Waals surface area contributed by atoms with E-state index in [1.807, 2.05) is 11.0 Å². The fourth-order valence-corrected chi connectivity index (χ4v) is 4.30. The minimum Gasteiger partial charge on any atom is -0.381 e. The standard InChI is InChI=1S/C12H16Br2N2O2S/c1-18-8-2-3-16(7(4-8)6-15)12(17)10-5-9(13)11(14)19-10/h5,7-8H,2-4,6,15H2,1H3. The number of ether oxygens (including phenoxy) is 1. The second-order valence-corrected chi connectivity index (χ2v) is 7.73. The first-order chi connectivity index (χ1) is 9.06. The largest absolute Gasteiger partial charge is 0.381 e. The number of hydrogen-bond acceptors (Lipinski definition) is 4. The summed E-state index contributed by atoms with van der Waals surface area (Å²) in [6.07, 6.45) is 1.89. The predicted molar refractivity (Wildman–Crippen MR) is 83.6 cm³/mol. The molecule has 0 aromatic carbocycles. The van der Waals surface area contributed by atoms with Crippen LogP contribution in [0.2, 0.25) is 0 Å². The summed E-state index contributed by atoms with van der Waals surface area (Å²) in [7, 11) is 1.71. The molecule has 2 rings (SSSR count). The van der Waals surface area contributed by atoms with Crippen molar-refractivity contribution in [3.05, 3.63) is 19.2 Å². The van der Waals surface area contributed by atoms with Crippen LogP contribution in [0.4, 0.5) is 0 Å². The van der Waals surface area contributed by atoms with Gasteiger partial charge >= 0.3 is 0 Å². The van der Waals surface area contributed by atoms with Crippen LogP contribution in [0.3, 0.4) is 0 Å². The van der Waals surface area contributed by atoms with Crippen molar-refractivity contribution in [2.24, 2.45) is 5.73 Å². The average Bonchev–Trinajstić information content (AvgIpc) is 2.77. The van der Waals surface area contributed by atoms with Gasteiger partial charge in [0.1, 0.15) is 0 Å². The van der Waals surface area contributed by atoms with Crippen LogP contribution >= 0.6 is 43.2 Å². The highest BCUT2D eigenvalue weighted by Gasteiger charge is 2.32. The molecule has 2 N–H and O–H groups in total. The quantitative estimate of drug-likeness (QED) is 0.831. The Hall–Kier alpha value is 0.0500. The van der Waals surface area contributed by atoms with E-state index in [-0.39, 0.29) is 18.1 Å². The minimum absolute atomic E-state index is 0.0569. The number of methoxy groups -OCH3 is 1. The topological polar surface area (TPSA) is 55.6 Å². The van der Waals surface area contributed by atoms with Gasteiger partial charge in [0.25, 0.3) is 5.91 Å². The molecular weight excluding hydrogens is 396 g/mol. The molecule has 1 aliphatic rings. The molecule has 0 aliphatic carbocycles. The molecule has 0 bridgehead atoms. The third-order valence-corrected chi connectivity index (χ3v) is 6.63. The average molecular weight is 412 g/mol. The van der Waals surface area contributed by atoms with Gasteiger partial charge in [-0.25, -0.2) is 0 Å². The Morgan fingerprint density at radius 1 is 1.63 bits per heavy atom. The molecule has 19 heavy (non-hydrogen) atoms. The lowest BCUT2D eigenvalue weighted by atomic mass is 9.99. The first-order valence-electron chi connectivity index (χ1n) is 6.05. The number of piperidine rings is 1. The number of halogens is 2. The number of thiophene rings is 1. The van der Waals surface area contributed by atoms with Crippen LogP contribution in [0.5, 0.6) is 0 Å². The van der Waals surface area contributed by atoms with Crippen LogP contribution in [-0.4, -0.2) is 43.2 Å². The lowest BCUT2D eigenvalue weighted by molar-refractivity contribution is 0.0141. The van der Waals surface area contributed by atoms with Crippen LogP contribution < -0.4 is 5.73 Å². The van der Waals surface area contributed by atoms with E-state index in [0.717, 1.165) is 26.0 Å². The molecular formula is C12H16Br2N2O2S. The van der Waals surface area contributed by atoms with Gasteiger partial charge in [0.2, 0.25) is 0 Å². The molecule has 0 radical (unpaired) electrons. The fourth-order valence-electron chi connectivity index (χ4n) is 2.31. The van der Waals surface area contributed by atoms with E-state index < -0.39 is 0 Å². The summed E-state index contributed by atoms with van der Waals surface area (Å²) in [5, 5.41) is 0. The van der Waals surface area contributed by atoms with Gasteiger partial charge in [-0.2, -0.15) is 0 Å². The third kappa shape index (κ3) is 3.39. The zero-order chi connectivity index (χ0) is 14.0. The second-order valence-electron chi connectivity index (χ2n) is 4.50. The van der Waals surface area contributed by atoms with Crippen LogP contribution in [-0.2, 0) is 4.74 Å². The van der Waals surface area contributed by atoms with Gasteiger partial charge in [-0.1, -0.05) is 0 Å². The van der Waals surface area contributed by atoms with E-state index in [9.17, 15) is 4.79 Å². The summed E-state index contributed by atoms with van der Waals surface area (Å²) >= 11 is 8.27. The molecule has 106 valence electrons. The maximum Gasteiger partial charge on any atom is 0.264 e. The van der Waals surface area contributed by atoms with Gasteiger partial charge in [0.15, 0.2) is 0 Å². The maximum atomic E-state index is 12.5. The van der Waals surface area contributed by atoms with E-state index in [1.54, 1.807) is 7.11 Å². The molecule has 1 amide bonds. The van der Waals surface area contributed by atoms with Crippen molar-refractivity contribution >= 4 is 49.1 Å². The molecule has 1 aliphatic heterocycles. The van der Waals surface area contributed by atoms with E-state index in [2.05, 4.69) is 31.9 Å². The molecule has 1 fully saturated rings. The van der Waals surface area contributed by atoms with Crippen LogP contribution in [0.1, 0.15) is 22.5 Å². The first-order valence-corrected chi connectivity index (χ1v) is 8.45. The Labute approximate surface area is 133 Å². The van der Waals surface area contributed by atoms with Crippen molar-refractivity contribution in [2.75, 3.05) is 20.2 Å². The zero-order valence-electron chi connectivity index (χ0n) is 10.6. The lowest BCUT2D eigenvalue weighted by Crippen LogP contribution is -2.51. The molecule has 7 heteroatoms. The van der Waals surface area contributed by atoms with Crippen LogP contribution in [0.25, 0.3) is 0 Å². The second kappa shape index (κ2) is 6.67. The lowest BCUT2D eigenvalue weighted by Gasteiger charge is -2.38. The number of carbonyl (C=O) groups excluding carboxylic acids is 1. The zero-order valence-corrected chi connectivity index (χ0v) is 14.6. The van der Waals surface area contributed by atoms with Crippen molar-refractivity contribution in [2.45, 2.75) is 25.0 Å². The van der Waals surface area contributed by atoms with E-state index >= 15 is 0 Å². The summed E-state index contributed by atoms with van der Waals surface area (Å²) in [5.74, 6) is 0.0569. The predicted octanol–water partition coefficient (Wildman–Crippen LogP) is 2.85. The first kappa shape index (κ1) is 15.4. The number of nitrogens with zero attached hydrogens (tertiary/aromatic N) is 1. The van der Waals surface area contributed by atoms with Crippen molar-refractivity contribution in [3.8, 4) is 0 Å². The molecule has 2 heterocycles. The number of rotatable bonds is 3. The molecule has 0 spiro atoms. The third-order valence-electron chi connectivity index (χ3n) is 3.39. The minimum atomic E-state index is 0.0569. The van der Waals surface area contributed by atoms with E-state index in [1.165, 1.54) is 11.3 Å². The Bertz CT molecular complexity index is 447. The van der Waals surface area contributed by atoms with Gasteiger partial charge < -0.3 is 15.4 Å². The summed E-state index contributed by atoms with van der Waals surface area (Å²) < 4.78 is 7.23. The van der Waals surface area contributed by atoms with Gasteiger partial charge in [0.05, 0.1) is 14.8 Å². The van der Waals surface area contributed by atoms with Crippen molar-refractivity contribution < 1.29 is 9.53 Å². The summed E-state index contributed by atoms with van der Waals surface area (Å²) in [6.45, 7) is 1.17. The Morgan fingerprint density at radius 3 is 2.89 bits per heavy atom. The monoisotopic (exact) mass is 410 g/mol. The van der Waals surface area contributed by atoms with E-state index in [0.29, 0.717) is 13.1 Å². The highest BCUT2D eigenvalue weighted by molar-refractivity contribution is 9.13. The number of nitrogens with two attached hydrogens (primary N) is 1. The highest BCUT2D eigenvalue weighted by Crippen LogP contribution is 2.34. The summed E-state index contributed by atoms with van der Waals surface area (Å²) in [6, 6.07) is 1.92. The Morgan fingerprint density at radius 2 is 2.37 bits per heavy atom. The number of carbonyl (C=O) groups is 1. The van der Waals surface area contributed by atoms with Gasteiger partial charge in [-0.15, -0.1) is 11.3 Å². The molecule has 0 saturated carbocycles. The molecule has 2 unspecified atom stereocenters. The maximum absolute atomic E-state index is 12.5. The molecule has 2 atom stereocenters. The summed E-state index contributed by atoms with van der Waals surface area (Å²) in [5.41, 5.74) is 5.80. The summed E-state index contributed by atoms with van der Waals surface area (Å²) in [4.78, 5) is 15.1. The molecule has 1 aromatic heterocycles. The van der Waals surface area contributed by atoms with E-state index in [4.69, 9.17) is 10.5 Å². The van der Waals surface area contributed by atoms with Gasteiger partial charge in [-0.05, 0) is 50.8 Å². The van der Waals surface area contributed by atoms with Gasteiger partial charge in [-0.3, -0.25) is 4.79 Å². The number of likely N-dealkylation sites (tertiary alicyclic amines) is 1. The Kier molecular flexibility index (Phi) is 5.42. The molecule has 1 aromatic rings. The molecule has 1 saturated heterocycles. The highest BCUT2D eigenvalue weighted by atomic mass is 79.9. The Balaban J connectivity index is 2.14. The normalized spacial score (nSPS) is 23.7. The fraction of sp³-hybridized carbons (Fsp3) is 0.583.